The van der Waals surface area contributed by atoms with Gasteiger partial charge in [-0.05, 0) is 12.1 Å². The van der Waals surface area contributed by atoms with Crippen LogP contribution in [0.3, 0.4) is 0 Å². The van der Waals surface area contributed by atoms with Crippen LogP contribution in [0.4, 0.5) is 5.69 Å². The van der Waals surface area contributed by atoms with Crippen LogP contribution < -0.4 is 20.1 Å². The van der Waals surface area contributed by atoms with E-state index in [1.54, 1.807) is 17.8 Å². The highest BCUT2D eigenvalue weighted by molar-refractivity contribution is 7.99. The molecule has 0 fully saturated rings. The van der Waals surface area contributed by atoms with Crippen molar-refractivity contribution in [3.63, 3.8) is 0 Å². The molecule has 0 bridgehead atoms. The lowest BCUT2D eigenvalue weighted by Gasteiger charge is -2.19. The Morgan fingerprint density at radius 2 is 2.14 bits per heavy atom. The molecule has 21 heavy (non-hydrogen) atoms. The summed E-state index contributed by atoms with van der Waals surface area (Å²) in [6.45, 7) is 5.85. The highest BCUT2D eigenvalue weighted by atomic mass is 32.2. The molecule has 0 spiro atoms. The van der Waals surface area contributed by atoms with E-state index in [1.165, 1.54) is 0 Å². The summed E-state index contributed by atoms with van der Waals surface area (Å²) in [5, 5.41) is 5.94. The zero-order chi connectivity index (χ0) is 14.9. The van der Waals surface area contributed by atoms with E-state index in [2.05, 4.69) is 17.2 Å². The lowest BCUT2D eigenvalue weighted by atomic mass is 10.2. The first kappa shape index (κ1) is 15.7. The summed E-state index contributed by atoms with van der Waals surface area (Å²) in [5.41, 5.74) is 0.715. The molecule has 5 nitrogen and oxygen atoms in total. The van der Waals surface area contributed by atoms with Crippen molar-refractivity contribution < 1.29 is 14.3 Å². The Balaban J connectivity index is 1.71. The van der Waals surface area contributed by atoms with Crippen LogP contribution >= 0.6 is 11.8 Å². The normalized spacial score (nSPS) is 12.8. The molecule has 0 radical (unpaired) electrons. The van der Waals surface area contributed by atoms with Crippen LogP contribution in [-0.2, 0) is 4.79 Å². The fourth-order valence-electron chi connectivity index (χ4n) is 1.84. The smallest absolute Gasteiger partial charge is 0.238 e. The first-order chi connectivity index (χ1) is 10.3. The van der Waals surface area contributed by atoms with Gasteiger partial charge in [0.2, 0.25) is 5.91 Å². The maximum absolute atomic E-state index is 11.8. The van der Waals surface area contributed by atoms with E-state index in [-0.39, 0.29) is 5.91 Å². The number of hydrogen-bond acceptors (Lipinski definition) is 5. The third-order valence-corrected chi connectivity index (χ3v) is 3.73. The Labute approximate surface area is 129 Å². The largest absolute Gasteiger partial charge is 0.486 e. The molecule has 0 aromatic heterocycles. The number of fused-ring (bicyclic) bond motifs is 1. The summed E-state index contributed by atoms with van der Waals surface area (Å²) in [6, 6.07) is 5.40. The Kier molecular flexibility index (Phi) is 6.43. The number of nitrogens with one attached hydrogen (secondary N) is 2. The monoisotopic (exact) mass is 308 g/mol. The molecule has 0 saturated carbocycles. The zero-order valence-electron chi connectivity index (χ0n) is 11.9. The summed E-state index contributed by atoms with van der Waals surface area (Å²) in [5.74, 6) is 3.22. The first-order valence-corrected chi connectivity index (χ1v) is 8.04. The predicted octanol–water partition coefficient (Wildman–Crippen LogP) is 1.91. The minimum absolute atomic E-state index is 0.0691. The molecular formula is C15H20N2O3S. The van der Waals surface area contributed by atoms with Crippen molar-refractivity contribution >= 4 is 23.4 Å². The third kappa shape index (κ3) is 5.32. The zero-order valence-corrected chi connectivity index (χ0v) is 12.7. The van der Waals surface area contributed by atoms with Gasteiger partial charge in [0.05, 0.1) is 6.54 Å². The van der Waals surface area contributed by atoms with E-state index in [9.17, 15) is 4.79 Å². The topological polar surface area (TPSA) is 59.6 Å². The van der Waals surface area contributed by atoms with Gasteiger partial charge in [-0.1, -0.05) is 6.08 Å². The lowest BCUT2D eigenvalue weighted by molar-refractivity contribution is -0.115. The van der Waals surface area contributed by atoms with Crippen molar-refractivity contribution in [1.82, 2.24) is 5.32 Å². The summed E-state index contributed by atoms with van der Waals surface area (Å²) >= 11 is 1.78. The molecule has 1 aromatic rings. The van der Waals surface area contributed by atoms with Crippen LogP contribution in [0.5, 0.6) is 11.5 Å². The van der Waals surface area contributed by atoms with E-state index in [1.807, 2.05) is 18.2 Å². The quantitative estimate of drug-likeness (QED) is 0.567. The van der Waals surface area contributed by atoms with Crippen LogP contribution in [0, 0.1) is 0 Å². The Bertz CT molecular complexity index is 494. The molecule has 2 rings (SSSR count). The minimum atomic E-state index is -0.0691. The molecule has 0 saturated heterocycles. The number of carbonyl (C=O) groups excluding carboxylic acids is 1. The second kappa shape index (κ2) is 8.59. The summed E-state index contributed by atoms with van der Waals surface area (Å²) < 4.78 is 10.9. The van der Waals surface area contributed by atoms with E-state index in [0.29, 0.717) is 31.2 Å². The molecule has 1 heterocycles. The summed E-state index contributed by atoms with van der Waals surface area (Å²) in [6.07, 6.45) is 1.87. The Morgan fingerprint density at radius 1 is 1.33 bits per heavy atom. The van der Waals surface area contributed by atoms with Gasteiger partial charge in [0.15, 0.2) is 11.5 Å². The van der Waals surface area contributed by atoms with Crippen molar-refractivity contribution in [2.24, 2.45) is 0 Å². The maximum atomic E-state index is 11.8. The second-order valence-corrected chi connectivity index (χ2v) is 5.60. The molecule has 0 atom stereocenters. The van der Waals surface area contributed by atoms with Gasteiger partial charge < -0.3 is 20.1 Å². The van der Waals surface area contributed by atoms with E-state index >= 15 is 0 Å². The van der Waals surface area contributed by atoms with Gasteiger partial charge in [0, 0.05) is 29.8 Å². The SMILES string of the molecule is C=CCSCCNCC(=O)Nc1ccc2c(c1)OCCO2. The molecule has 1 aromatic carbocycles. The molecule has 1 amide bonds. The number of rotatable bonds is 8. The van der Waals surface area contributed by atoms with Crippen molar-refractivity contribution in [3.8, 4) is 11.5 Å². The minimum Gasteiger partial charge on any atom is -0.486 e. The molecule has 0 unspecified atom stereocenters. The Hall–Kier alpha value is -1.66. The number of anilines is 1. The van der Waals surface area contributed by atoms with E-state index < -0.39 is 0 Å². The van der Waals surface area contributed by atoms with Gasteiger partial charge >= 0.3 is 0 Å². The highest BCUT2D eigenvalue weighted by Gasteiger charge is 2.12. The fraction of sp³-hybridized carbons (Fsp3) is 0.400. The first-order valence-electron chi connectivity index (χ1n) is 6.88. The number of carbonyl (C=O) groups is 1. The van der Waals surface area contributed by atoms with E-state index in [0.717, 1.165) is 23.8 Å². The molecule has 0 aliphatic carbocycles. The van der Waals surface area contributed by atoms with Gasteiger partial charge in [0.25, 0.3) is 0 Å². The van der Waals surface area contributed by atoms with Crippen molar-refractivity contribution in [1.29, 1.82) is 0 Å². The van der Waals surface area contributed by atoms with Crippen molar-refractivity contribution in [3.05, 3.63) is 30.9 Å². The van der Waals surface area contributed by atoms with Crippen molar-refractivity contribution in [2.45, 2.75) is 0 Å². The average Bonchev–Trinajstić information content (AvgIpc) is 2.50. The number of amides is 1. The Morgan fingerprint density at radius 3 is 2.95 bits per heavy atom. The standard InChI is InChI=1S/C15H20N2O3S/c1-2-8-21-9-5-16-11-15(18)17-12-3-4-13-14(10-12)20-7-6-19-13/h2-4,10,16H,1,5-9,11H2,(H,17,18). The number of thioether (sulfide) groups is 1. The van der Waals surface area contributed by atoms with Gasteiger partial charge in [-0.25, -0.2) is 0 Å². The van der Waals surface area contributed by atoms with Crippen LogP contribution in [0.2, 0.25) is 0 Å². The molecule has 1 aliphatic rings. The van der Waals surface area contributed by atoms with Crippen LogP contribution in [0.25, 0.3) is 0 Å². The average molecular weight is 308 g/mol. The number of benzene rings is 1. The second-order valence-electron chi connectivity index (χ2n) is 4.45. The van der Waals surface area contributed by atoms with Gasteiger partial charge in [-0.2, -0.15) is 11.8 Å². The number of hydrogen-bond donors (Lipinski definition) is 2. The fourth-order valence-corrected chi connectivity index (χ4v) is 2.46. The van der Waals surface area contributed by atoms with Crippen LogP contribution in [-0.4, -0.2) is 43.7 Å². The third-order valence-electron chi connectivity index (χ3n) is 2.77. The van der Waals surface area contributed by atoms with Crippen LogP contribution in [0.1, 0.15) is 0 Å². The van der Waals surface area contributed by atoms with Gasteiger partial charge in [-0.15, -0.1) is 6.58 Å². The van der Waals surface area contributed by atoms with E-state index in [4.69, 9.17) is 9.47 Å². The molecular weight excluding hydrogens is 288 g/mol. The molecule has 2 N–H and O–H groups in total. The van der Waals surface area contributed by atoms with Gasteiger partial charge in [-0.3, -0.25) is 4.79 Å². The highest BCUT2D eigenvalue weighted by Crippen LogP contribution is 2.32. The lowest BCUT2D eigenvalue weighted by Crippen LogP contribution is -2.29. The van der Waals surface area contributed by atoms with Gasteiger partial charge in [0.1, 0.15) is 13.2 Å². The van der Waals surface area contributed by atoms with Crippen molar-refractivity contribution in [2.75, 3.05) is 43.1 Å². The summed E-state index contributed by atoms with van der Waals surface area (Å²) in [7, 11) is 0. The predicted molar refractivity (Wildman–Crippen MR) is 86.5 cm³/mol. The molecule has 1 aliphatic heterocycles. The maximum Gasteiger partial charge on any atom is 0.238 e. The van der Waals surface area contributed by atoms with Crippen LogP contribution in [0.15, 0.2) is 30.9 Å². The number of ether oxygens (including phenoxy) is 2. The molecule has 114 valence electrons. The summed E-state index contributed by atoms with van der Waals surface area (Å²) in [4.78, 5) is 11.8. The molecule has 6 heteroatoms.